The van der Waals surface area contributed by atoms with Crippen LogP contribution in [0.4, 0.5) is 5.69 Å². The van der Waals surface area contributed by atoms with Crippen molar-refractivity contribution in [1.82, 2.24) is 14.8 Å². The summed E-state index contributed by atoms with van der Waals surface area (Å²) in [5.41, 5.74) is 5.75. The predicted octanol–water partition coefficient (Wildman–Crippen LogP) is 4.20. The molecule has 0 unspecified atom stereocenters. The Bertz CT molecular complexity index is 1120. The average Bonchev–Trinajstić information content (AvgIpc) is 2.79. The van der Waals surface area contributed by atoms with Crippen molar-refractivity contribution in [2.45, 2.75) is 13.5 Å². The van der Waals surface area contributed by atoms with Crippen molar-refractivity contribution in [1.29, 1.82) is 0 Å². The third-order valence-electron chi connectivity index (χ3n) is 5.89. The number of benzene rings is 2. The molecule has 1 fully saturated rings. The molecule has 166 valence electrons. The van der Waals surface area contributed by atoms with Gasteiger partial charge in [-0.3, -0.25) is 9.88 Å². The van der Waals surface area contributed by atoms with Crippen LogP contribution in [0.3, 0.4) is 0 Å². The van der Waals surface area contributed by atoms with Gasteiger partial charge in [0, 0.05) is 44.7 Å². The molecule has 0 amide bonds. The molecule has 2 heterocycles. The number of nitrogens with one attached hydrogen (secondary N) is 1. The van der Waals surface area contributed by atoms with Gasteiger partial charge in [0.2, 0.25) is 0 Å². The Labute approximate surface area is 189 Å². The van der Waals surface area contributed by atoms with E-state index in [0.29, 0.717) is 12.1 Å². The number of carbonyl (C=O) groups is 1. The summed E-state index contributed by atoms with van der Waals surface area (Å²) in [5.74, 6) is -0.908. The summed E-state index contributed by atoms with van der Waals surface area (Å²) < 4.78 is 0. The van der Waals surface area contributed by atoms with Crippen LogP contribution in [0.15, 0.2) is 60.3 Å². The van der Waals surface area contributed by atoms with Gasteiger partial charge in [0.05, 0.1) is 23.0 Å². The number of anilines is 1. The molecule has 0 spiro atoms. The third-order valence-corrected chi connectivity index (χ3v) is 5.89. The number of rotatable bonds is 7. The van der Waals surface area contributed by atoms with Gasteiger partial charge >= 0.3 is 5.97 Å². The van der Waals surface area contributed by atoms with Crippen molar-refractivity contribution in [2.24, 2.45) is 0 Å². The Morgan fingerprint density at radius 1 is 1.09 bits per heavy atom. The van der Waals surface area contributed by atoms with E-state index in [1.807, 2.05) is 18.3 Å². The lowest BCUT2D eigenvalue weighted by Gasteiger charge is -2.32. The van der Waals surface area contributed by atoms with E-state index in [0.717, 1.165) is 60.5 Å². The first-order valence-corrected chi connectivity index (χ1v) is 11.0. The number of carboxylic acid groups (broad SMARTS) is 1. The van der Waals surface area contributed by atoms with E-state index in [1.165, 1.54) is 5.56 Å². The molecular formula is C26H30N4O2. The Morgan fingerprint density at radius 3 is 2.56 bits per heavy atom. The molecule has 2 N–H and O–H groups in total. The molecule has 32 heavy (non-hydrogen) atoms. The lowest BCUT2D eigenvalue weighted by Crippen LogP contribution is -2.43. The number of nitrogens with zero attached hydrogens (tertiary/aromatic N) is 3. The van der Waals surface area contributed by atoms with E-state index in [-0.39, 0.29) is 0 Å². The first-order valence-electron chi connectivity index (χ1n) is 11.0. The van der Waals surface area contributed by atoms with Gasteiger partial charge in [-0.2, -0.15) is 0 Å². The van der Waals surface area contributed by atoms with Crippen molar-refractivity contribution in [3.05, 3.63) is 77.0 Å². The number of piperazine rings is 1. The Hall–Kier alpha value is -3.22. The quantitative estimate of drug-likeness (QED) is 0.586. The molecule has 1 aliphatic heterocycles. The topological polar surface area (TPSA) is 68.7 Å². The largest absolute Gasteiger partial charge is 0.478 e. The van der Waals surface area contributed by atoms with Crippen LogP contribution in [-0.2, 0) is 6.54 Å². The minimum absolute atomic E-state index is 0.298. The second-order valence-electron chi connectivity index (χ2n) is 8.60. The molecule has 0 saturated carbocycles. The van der Waals surface area contributed by atoms with Crippen molar-refractivity contribution < 1.29 is 9.90 Å². The van der Waals surface area contributed by atoms with E-state index in [2.05, 4.69) is 64.4 Å². The van der Waals surface area contributed by atoms with Crippen LogP contribution in [0.1, 0.15) is 28.4 Å². The highest BCUT2D eigenvalue weighted by molar-refractivity contribution is 5.87. The van der Waals surface area contributed by atoms with Gasteiger partial charge in [-0.05, 0) is 55.4 Å². The zero-order chi connectivity index (χ0) is 22.5. The van der Waals surface area contributed by atoms with E-state index in [1.54, 1.807) is 12.1 Å². The highest BCUT2D eigenvalue weighted by Crippen LogP contribution is 2.20. The monoisotopic (exact) mass is 430 g/mol. The summed E-state index contributed by atoms with van der Waals surface area (Å²) in [4.78, 5) is 20.5. The molecule has 2 aromatic carbocycles. The normalized spacial score (nSPS) is 15.8. The number of hydrogen-bond donors (Lipinski definition) is 2. The minimum atomic E-state index is -0.908. The average molecular weight is 431 g/mol. The van der Waals surface area contributed by atoms with Crippen molar-refractivity contribution >= 4 is 28.6 Å². The second kappa shape index (κ2) is 9.94. The number of likely N-dealkylation sites (N-methyl/N-ethyl adjacent to an activating group) is 1. The number of hydrogen-bond acceptors (Lipinski definition) is 5. The van der Waals surface area contributed by atoms with Gasteiger partial charge in [-0.15, -0.1) is 0 Å². The maximum atomic E-state index is 11.0. The highest BCUT2D eigenvalue weighted by atomic mass is 16.4. The lowest BCUT2D eigenvalue weighted by atomic mass is 10.1. The van der Waals surface area contributed by atoms with Crippen LogP contribution in [0.2, 0.25) is 0 Å². The molecule has 6 nitrogen and oxygen atoms in total. The van der Waals surface area contributed by atoms with Gasteiger partial charge in [-0.1, -0.05) is 29.8 Å². The summed E-state index contributed by atoms with van der Waals surface area (Å²) in [6, 6.07) is 15.6. The molecule has 6 heteroatoms. The molecule has 1 aliphatic rings. The number of pyridine rings is 1. The van der Waals surface area contributed by atoms with Crippen LogP contribution in [0.5, 0.6) is 0 Å². The minimum Gasteiger partial charge on any atom is -0.478 e. The van der Waals surface area contributed by atoms with Crippen LogP contribution < -0.4 is 5.32 Å². The molecule has 0 aliphatic carbocycles. The molecule has 1 saturated heterocycles. The van der Waals surface area contributed by atoms with Crippen LogP contribution in [0.25, 0.3) is 17.0 Å². The number of aromatic carboxylic acids is 1. The van der Waals surface area contributed by atoms with Gasteiger partial charge in [0.1, 0.15) is 0 Å². The maximum Gasteiger partial charge on any atom is 0.335 e. The summed E-state index contributed by atoms with van der Waals surface area (Å²) in [6.07, 6.45) is 3.93. The smallest absolute Gasteiger partial charge is 0.335 e. The molecule has 0 radical (unpaired) electrons. The third kappa shape index (κ3) is 5.72. The van der Waals surface area contributed by atoms with Gasteiger partial charge < -0.3 is 15.3 Å². The Kier molecular flexibility index (Phi) is 6.83. The van der Waals surface area contributed by atoms with Gasteiger partial charge in [0.15, 0.2) is 0 Å². The molecule has 0 atom stereocenters. The molecule has 4 rings (SSSR count). The van der Waals surface area contributed by atoms with Gasteiger partial charge in [-0.25, -0.2) is 4.79 Å². The number of fused-ring (bicyclic) bond motifs is 1. The number of aromatic nitrogens is 1. The fraction of sp³-hybridized carbons (Fsp3) is 0.308. The zero-order valence-electron chi connectivity index (χ0n) is 18.7. The van der Waals surface area contributed by atoms with E-state index >= 15 is 0 Å². The van der Waals surface area contributed by atoms with Crippen LogP contribution in [0, 0.1) is 0 Å². The molecule has 0 bridgehead atoms. The lowest BCUT2D eigenvalue weighted by molar-refractivity contribution is 0.0697. The Balaban J connectivity index is 1.39. The molecule has 1 aromatic heterocycles. The molecular weight excluding hydrogens is 400 g/mol. The number of carboxylic acids is 1. The summed E-state index contributed by atoms with van der Waals surface area (Å²) in [7, 11) is 2.18. The van der Waals surface area contributed by atoms with Crippen molar-refractivity contribution in [3.63, 3.8) is 0 Å². The van der Waals surface area contributed by atoms with Crippen LogP contribution in [-0.4, -0.2) is 65.6 Å². The first kappa shape index (κ1) is 22.0. The van der Waals surface area contributed by atoms with E-state index in [9.17, 15) is 4.79 Å². The van der Waals surface area contributed by atoms with Crippen molar-refractivity contribution in [2.75, 3.05) is 45.1 Å². The second-order valence-corrected chi connectivity index (χ2v) is 8.60. The SMILES string of the molecule is C/C(=C\c1ccc(C(=O)O)cc1)CNc1cnc2ccc(CN3CCN(C)CC3)cc2c1. The Morgan fingerprint density at radius 2 is 1.84 bits per heavy atom. The fourth-order valence-corrected chi connectivity index (χ4v) is 3.94. The summed E-state index contributed by atoms with van der Waals surface area (Å²) >= 11 is 0. The summed E-state index contributed by atoms with van der Waals surface area (Å²) in [6.45, 7) is 8.19. The highest BCUT2D eigenvalue weighted by Gasteiger charge is 2.14. The first-order chi connectivity index (χ1) is 15.5. The zero-order valence-corrected chi connectivity index (χ0v) is 18.7. The van der Waals surface area contributed by atoms with E-state index in [4.69, 9.17) is 5.11 Å². The predicted molar refractivity (Wildman–Crippen MR) is 130 cm³/mol. The summed E-state index contributed by atoms with van der Waals surface area (Å²) in [5, 5.41) is 13.6. The standard InChI is InChI=1S/C26H30N4O2/c1-19(13-20-3-6-22(7-4-20)26(31)32)16-27-24-15-23-14-21(5-8-25(23)28-17-24)18-30-11-9-29(2)10-12-30/h3-8,13-15,17,27H,9-12,16,18H2,1-2H3,(H,31,32)/b19-13+. The van der Waals surface area contributed by atoms with Gasteiger partial charge in [0.25, 0.3) is 0 Å². The maximum absolute atomic E-state index is 11.0. The molecule has 3 aromatic rings. The van der Waals surface area contributed by atoms with Crippen LogP contribution >= 0.6 is 0 Å². The van der Waals surface area contributed by atoms with Crippen molar-refractivity contribution in [3.8, 4) is 0 Å². The van der Waals surface area contributed by atoms with E-state index < -0.39 is 5.97 Å². The fourth-order valence-electron chi connectivity index (χ4n) is 3.94.